The second-order valence-corrected chi connectivity index (χ2v) is 4.73. The normalized spacial score (nSPS) is 21.2. The second kappa shape index (κ2) is 3.91. The molecule has 1 aliphatic rings. The molecule has 0 amide bonds. The van der Waals surface area contributed by atoms with E-state index in [9.17, 15) is 0 Å². The van der Waals surface area contributed by atoms with Gasteiger partial charge in [-0.15, -0.1) is 11.8 Å². The maximum atomic E-state index is 5.93. The van der Waals surface area contributed by atoms with Crippen molar-refractivity contribution in [1.29, 1.82) is 0 Å². The summed E-state index contributed by atoms with van der Waals surface area (Å²) < 4.78 is 0. The van der Waals surface area contributed by atoms with E-state index in [1.165, 1.54) is 22.6 Å². The second-order valence-electron chi connectivity index (χ2n) is 3.16. The first-order valence-corrected chi connectivity index (χ1v) is 5.77. The number of benzene rings is 1. The molecule has 0 aromatic heterocycles. The molecule has 3 heteroatoms. The fourth-order valence-corrected chi connectivity index (χ4v) is 3.06. The highest BCUT2D eigenvalue weighted by molar-refractivity contribution is 7.99. The quantitative estimate of drug-likeness (QED) is 0.770. The van der Waals surface area contributed by atoms with Crippen LogP contribution in [0.3, 0.4) is 0 Å². The van der Waals surface area contributed by atoms with Crippen molar-refractivity contribution in [3.63, 3.8) is 0 Å². The summed E-state index contributed by atoms with van der Waals surface area (Å²) in [6.45, 7) is 0. The monoisotopic (exact) mass is 213 g/mol. The van der Waals surface area contributed by atoms with E-state index < -0.39 is 0 Å². The molecule has 13 heavy (non-hydrogen) atoms. The largest absolute Gasteiger partial charge is 0.313 e. The van der Waals surface area contributed by atoms with Crippen molar-refractivity contribution in [2.45, 2.75) is 17.4 Å². The smallest absolute Gasteiger partial charge is 0.0417 e. The molecule has 1 aromatic carbocycles. The number of hydrogen-bond acceptors (Lipinski definition) is 2. The first kappa shape index (κ1) is 9.38. The van der Waals surface area contributed by atoms with E-state index in [0.717, 1.165) is 5.02 Å². The molecule has 0 radical (unpaired) electrons. The van der Waals surface area contributed by atoms with Gasteiger partial charge in [0.25, 0.3) is 0 Å². The zero-order valence-electron chi connectivity index (χ0n) is 7.51. The maximum absolute atomic E-state index is 5.93. The minimum Gasteiger partial charge on any atom is -0.313 e. The van der Waals surface area contributed by atoms with Crippen LogP contribution in [0.25, 0.3) is 0 Å². The van der Waals surface area contributed by atoms with Crippen LogP contribution in [0.5, 0.6) is 0 Å². The predicted molar refractivity (Wildman–Crippen MR) is 58.6 cm³/mol. The molecule has 1 nitrogen and oxygen atoms in total. The average Bonchev–Trinajstić information content (AvgIpc) is 2.16. The van der Waals surface area contributed by atoms with E-state index in [4.69, 9.17) is 11.6 Å². The van der Waals surface area contributed by atoms with Gasteiger partial charge >= 0.3 is 0 Å². The molecule has 1 N–H and O–H groups in total. The topological polar surface area (TPSA) is 12.0 Å². The third-order valence-corrected chi connectivity index (χ3v) is 3.70. The van der Waals surface area contributed by atoms with Crippen molar-refractivity contribution in [3.05, 3.63) is 28.8 Å². The van der Waals surface area contributed by atoms with Gasteiger partial charge in [0.2, 0.25) is 0 Å². The molecule has 0 spiro atoms. The average molecular weight is 214 g/mol. The van der Waals surface area contributed by atoms with Crippen molar-refractivity contribution in [2.24, 2.45) is 0 Å². The molecule has 2 rings (SSSR count). The van der Waals surface area contributed by atoms with E-state index in [-0.39, 0.29) is 0 Å². The predicted octanol–water partition coefficient (Wildman–Crippen LogP) is 3.10. The first-order valence-electron chi connectivity index (χ1n) is 4.41. The van der Waals surface area contributed by atoms with Gasteiger partial charge in [0.1, 0.15) is 0 Å². The van der Waals surface area contributed by atoms with Crippen molar-refractivity contribution < 1.29 is 0 Å². The van der Waals surface area contributed by atoms with Gasteiger partial charge in [-0.3, -0.25) is 0 Å². The maximum Gasteiger partial charge on any atom is 0.0417 e. The summed E-state index contributed by atoms with van der Waals surface area (Å²) in [5, 5.41) is 4.16. The lowest BCUT2D eigenvalue weighted by Crippen LogP contribution is -2.20. The molecular weight excluding hydrogens is 202 g/mol. The fourth-order valence-electron chi connectivity index (χ4n) is 1.66. The van der Waals surface area contributed by atoms with Crippen LogP contribution in [-0.4, -0.2) is 12.8 Å². The molecule has 1 aromatic rings. The van der Waals surface area contributed by atoms with E-state index in [0.29, 0.717) is 6.04 Å². The van der Waals surface area contributed by atoms with Gasteiger partial charge in [0.15, 0.2) is 0 Å². The minimum absolute atomic E-state index is 0.508. The molecule has 0 aliphatic carbocycles. The van der Waals surface area contributed by atoms with Gasteiger partial charge in [-0.05, 0) is 36.9 Å². The van der Waals surface area contributed by atoms with E-state index in [2.05, 4.69) is 17.4 Å². The Morgan fingerprint density at radius 2 is 2.38 bits per heavy atom. The molecule has 70 valence electrons. The standard InChI is InChI=1S/C10H12ClNS/c1-12-9-4-5-13-10-6-7(11)2-3-8(9)10/h2-3,6,9,12H,4-5H2,1H3. The molecule has 0 saturated carbocycles. The minimum atomic E-state index is 0.508. The lowest BCUT2D eigenvalue weighted by Gasteiger charge is -2.24. The SMILES string of the molecule is CNC1CCSc2cc(Cl)ccc21. The Morgan fingerprint density at radius 1 is 1.54 bits per heavy atom. The molecule has 1 unspecified atom stereocenters. The van der Waals surface area contributed by atoms with Crippen molar-refractivity contribution >= 4 is 23.4 Å². The highest BCUT2D eigenvalue weighted by Crippen LogP contribution is 2.37. The van der Waals surface area contributed by atoms with Gasteiger partial charge in [-0.2, -0.15) is 0 Å². The summed E-state index contributed by atoms with van der Waals surface area (Å²) in [4.78, 5) is 1.33. The van der Waals surface area contributed by atoms with Gasteiger partial charge in [0.05, 0.1) is 0 Å². The van der Waals surface area contributed by atoms with Gasteiger partial charge in [0, 0.05) is 16.0 Å². The highest BCUT2D eigenvalue weighted by atomic mass is 35.5. The molecular formula is C10H12ClNS. The van der Waals surface area contributed by atoms with Gasteiger partial charge in [-0.25, -0.2) is 0 Å². The summed E-state index contributed by atoms with van der Waals surface area (Å²) in [5.74, 6) is 1.18. The Bertz CT molecular complexity index is 314. The van der Waals surface area contributed by atoms with E-state index >= 15 is 0 Å². The van der Waals surface area contributed by atoms with Crippen LogP contribution in [0.15, 0.2) is 23.1 Å². The molecule has 0 bridgehead atoms. The number of halogens is 1. The van der Waals surface area contributed by atoms with Crippen LogP contribution < -0.4 is 5.32 Å². The third kappa shape index (κ3) is 1.85. The molecule has 0 fully saturated rings. The Hall–Kier alpha value is -0.180. The van der Waals surface area contributed by atoms with Crippen LogP contribution >= 0.6 is 23.4 Å². The summed E-state index contributed by atoms with van der Waals surface area (Å²) in [5.41, 5.74) is 1.39. The fraction of sp³-hybridized carbons (Fsp3) is 0.400. The Kier molecular flexibility index (Phi) is 2.82. The summed E-state index contributed by atoms with van der Waals surface area (Å²) in [6, 6.07) is 6.67. The van der Waals surface area contributed by atoms with Gasteiger partial charge in [-0.1, -0.05) is 17.7 Å². The number of nitrogens with one attached hydrogen (secondary N) is 1. The number of fused-ring (bicyclic) bond motifs is 1. The van der Waals surface area contributed by atoms with Crippen molar-refractivity contribution in [2.75, 3.05) is 12.8 Å². The molecule has 1 heterocycles. The Morgan fingerprint density at radius 3 is 3.15 bits per heavy atom. The van der Waals surface area contributed by atoms with Crippen LogP contribution in [0.2, 0.25) is 5.02 Å². The van der Waals surface area contributed by atoms with Crippen LogP contribution in [0.1, 0.15) is 18.0 Å². The van der Waals surface area contributed by atoms with Gasteiger partial charge < -0.3 is 5.32 Å². The summed E-state index contributed by atoms with van der Waals surface area (Å²) in [6.07, 6.45) is 1.20. The van der Waals surface area contributed by atoms with Crippen molar-refractivity contribution in [1.82, 2.24) is 5.32 Å². The lowest BCUT2D eigenvalue weighted by atomic mass is 10.0. The Labute approximate surface area is 87.9 Å². The van der Waals surface area contributed by atoms with Crippen molar-refractivity contribution in [3.8, 4) is 0 Å². The zero-order valence-corrected chi connectivity index (χ0v) is 9.08. The zero-order chi connectivity index (χ0) is 9.26. The van der Waals surface area contributed by atoms with Crippen LogP contribution in [0.4, 0.5) is 0 Å². The lowest BCUT2D eigenvalue weighted by molar-refractivity contribution is 0.565. The number of hydrogen-bond donors (Lipinski definition) is 1. The number of rotatable bonds is 1. The van der Waals surface area contributed by atoms with E-state index in [1.807, 2.05) is 24.9 Å². The molecule has 0 saturated heterocycles. The number of thioether (sulfide) groups is 1. The Balaban J connectivity index is 2.40. The van der Waals surface area contributed by atoms with Crippen LogP contribution in [-0.2, 0) is 0 Å². The van der Waals surface area contributed by atoms with E-state index in [1.54, 1.807) is 0 Å². The summed E-state index contributed by atoms with van der Waals surface area (Å²) >= 11 is 7.83. The van der Waals surface area contributed by atoms with Crippen LogP contribution in [0, 0.1) is 0 Å². The summed E-state index contributed by atoms with van der Waals surface area (Å²) in [7, 11) is 2.01. The molecule has 1 atom stereocenters. The third-order valence-electron chi connectivity index (χ3n) is 2.36. The molecule has 1 aliphatic heterocycles. The highest BCUT2D eigenvalue weighted by Gasteiger charge is 2.18. The first-order chi connectivity index (χ1) is 6.31.